The van der Waals surface area contributed by atoms with Gasteiger partial charge in [-0.2, -0.15) is 0 Å². The zero-order chi connectivity index (χ0) is 17.1. The predicted molar refractivity (Wildman–Crippen MR) is 89.8 cm³/mol. The molecule has 1 aromatic rings. The number of aliphatic hydroxyl groups is 2. The first-order valence-corrected chi connectivity index (χ1v) is 9.07. The van der Waals surface area contributed by atoms with E-state index in [-0.39, 0.29) is 11.4 Å². The maximum atomic E-state index is 11.2. The third-order valence-corrected chi connectivity index (χ3v) is 6.93. The first-order chi connectivity index (χ1) is 11.4. The fraction of sp³-hybridized carbons (Fsp3) is 0.650. The van der Waals surface area contributed by atoms with Gasteiger partial charge in [-0.25, -0.2) is 0 Å². The summed E-state index contributed by atoms with van der Waals surface area (Å²) in [6.45, 7) is 3.59. The summed E-state index contributed by atoms with van der Waals surface area (Å²) >= 11 is 0. The highest BCUT2D eigenvalue weighted by Gasteiger charge is 2.57. The molecule has 2 saturated carbocycles. The normalized spacial score (nSPS) is 40.4. The Morgan fingerprint density at radius 2 is 2.08 bits per heavy atom. The van der Waals surface area contributed by atoms with Crippen molar-refractivity contribution in [3.05, 3.63) is 29.3 Å². The van der Waals surface area contributed by atoms with Crippen LogP contribution in [-0.2, 0) is 11.2 Å². The molecule has 0 aromatic heterocycles. The summed E-state index contributed by atoms with van der Waals surface area (Å²) in [6.07, 6.45) is 3.64. The average molecular weight is 330 g/mol. The van der Waals surface area contributed by atoms with Crippen LogP contribution in [0.5, 0.6) is 5.75 Å². The van der Waals surface area contributed by atoms with Crippen molar-refractivity contribution in [3.63, 3.8) is 0 Å². The van der Waals surface area contributed by atoms with Gasteiger partial charge in [0.15, 0.2) is 0 Å². The van der Waals surface area contributed by atoms with Gasteiger partial charge in [-0.3, -0.25) is 4.79 Å². The van der Waals surface area contributed by atoms with E-state index >= 15 is 0 Å². The van der Waals surface area contributed by atoms with Gasteiger partial charge in [0.05, 0.1) is 12.2 Å². The molecule has 0 heterocycles. The summed E-state index contributed by atoms with van der Waals surface area (Å²) in [6, 6.07) is 6.03. The van der Waals surface area contributed by atoms with Gasteiger partial charge in [-0.15, -0.1) is 0 Å². The number of aliphatic hydroxyl groups excluding tert-OH is 2. The van der Waals surface area contributed by atoms with Gasteiger partial charge in [-0.1, -0.05) is 13.0 Å². The first kappa shape index (κ1) is 16.1. The van der Waals surface area contributed by atoms with Crippen molar-refractivity contribution in [2.45, 2.75) is 64.1 Å². The molecule has 0 aliphatic heterocycles. The number of ether oxygens (including phenoxy) is 1. The number of hydrogen-bond acceptors (Lipinski definition) is 4. The van der Waals surface area contributed by atoms with Crippen LogP contribution in [0.3, 0.4) is 0 Å². The lowest BCUT2D eigenvalue weighted by Gasteiger charge is -2.49. The number of esters is 1. The highest BCUT2D eigenvalue weighted by molar-refractivity contribution is 5.69. The van der Waals surface area contributed by atoms with Crippen LogP contribution in [0.15, 0.2) is 18.2 Å². The molecule has 24 heavy (non-hydrogen) atoms. The molecule has 6 atom stereocenters. The van der Waals surface area contributed by atoms with Gasteiger partial charge < -0.3 is 14.9 Å². The Labute approximate surface area is 142 Å². The number of benzene rings is 1. The van der Waals surface area contributed by atoms with Gasteiger partial charge in [0.25, 0.3) is 0 Å². The number of carbonyl (C=O) groups is 1. The van der Waals surface area contributed by atoms with Crippen molar-refractivity contribution >= 4 is 5.97 Å². The monoisotopic (exact) mass is 330 g/mol. The van der Waals surface area contributed by atoms with Crippen LogP contribution >= 0.6 is 0 Å². The second-order valence-corrected chi connectivity index (χ2v) is 8.16. The lowest BCUT2D eigenvalue weighted by atomic mass is 9.55. The molecule has 0 spiro atoms. The Morgan fingerprint density at radius 1 is 1.29 bits per heavy atom. The number of fused-ring (bicyclic) bond motifs is 5. The zero-order valence-corrected chi connectivity index (χ0v) is 14.4. The van der Waals surface area contributed by atoms with E-state index in [0.29, 0.717) is 23.5 Å². The molecule has 0 saturated heterocycles. The van der Waals surface area contributed by atoms with E-state index in [9.17, 15) is 15.0 Å². The molecule has 0 bridgehead atoms. The molecule has 6 unspecified atom stereocenters. The van der Waals surface area contributed by atoms with Crippen molar-refractivity contribution in [1.82, 2.24) is 0 Å². The van der Waals surface area contributed by atoms with Crippen molar-refractivity contribution in [3.8, 4) is 5.75 Å². The van der Waals surface area contributed by atoms with E-state index in [1.807, 2.05) is 12.1 Å². The van der Waals surface area contributed by atoms with Crippen molar-refractivity contribution in [1.29, 1.82) is 0 Å². The zero-order valence-electron chi connectivity index (χ0n) is 14.4. The molecule has 4 nitrogen and oxygen atoms in total. The van der Waals surface area contributed by atoms with Crippen molar-refractivity contribution in [2.24, 2.45) is 17.3 Å². The minimum atomic E-state index is -0.587. The average Bonchev–Trinajstić information content (AvgIpc) is 2.77. The van der Waals surface area contributed by atoms with Crippen LogP contribution in [0.4, 0.5) is 0 Å². The molecule has 3 aliphatic carbocycles. The molecule has 2 fully saturated rings. The van der Waals surface area contributed by atoms with E-state index in [1.54, 1.807) is 0 Å². The third kappa shape index (κ3) is 2.31. The molecular weight excluding hydrogens is 304 g/mol. The highest BCUT2D eigenvalue weighted by atomic mass is 16.5. The van der Waals surface area contributed by atoms with E-state index in [0.717, 1.165) is 32.1 Å². The van der Waals surface area contributed by atoms with E-state index < -0.39 is 12.2 Å². The lowest BCUT2D eigenvalue weighted by molar-refractivity contribution is -0.131. The van der Waals surface area contributed by atoms with E-state index in [1.165, 1.54) is 18.1 Å². The van der Waals surface area contributed by atoms with E-state index in [2.05, 4.69) is 13.0 Å². The van der Waals surface area contributed by atoms with Crippen LogP contribution in [0.25, 0.3) is 0 Å². The summed E-state index contributed by atoms with van der Waals surface area (Å²) in [5.41, 5.74) is 2.52. The highest BCUT2D eigenvalue weighted by Crippen LogP contribution is 2.60. The number of rotatable bonds is 1. The smallest absolute Gasteiger partial charge is 0.308 e. The summed E-state index contributed by atoms with van der Waals surface area (Å²) in [7, 11) is 0. The van der Waals surface area contributed by atoms with Crippen molar-refractivity contribution in [2.75, 3.05) is 0 Å². The molecule has 130 valence electrons. The SMILES string of the molecule is CC(=O)Oc1ccc2c(c1)CCC1C2CCC2(C)C(O)C(O)CC12. The maximum Gasteiger partial charge on any atom is 0.308 e. The molecule has 0 radical (unpaired) electrons. The second kappa shape index (κ2) is 5.57. The molecule has 1 aromatic carbocycles. The minimum absolute atomic E-state index is 0.143. The van der Waals surface area contributed by atoms with Crippen LogP contribution in [-0.4, -0.2) is 28.4 Å². The first-order valence-electron chi connectivity index (χ1n) is 9.07. The summed E-state index contributed by atoms with van der Waals surface area (Å²) < 4.78 is 5.22. The van der Waals surface area contributed by atoms with Crippen LogP contribution < -0.4 is 4.74 Å². The summed E-state index contributed by atoms with van der Waals surface area (Å²) in [5.74, 6) is 1.76. The Morgan fingerprint density at radius 3 is 2.83 bits per heavy atom. The summed E-state index contributed by atoms with van der Waals surface area (Å²) in [4.78, 5) is 11.2. The molecule has 3 aliphatic rings. The maximum absolute atomic E-state index is 11.2. The number of hydrogen-bond donors (Lipinski definition) is 2. The Balaban J connectivity index is 1.64. The lowest BCUT2D eigenvalue weighted by Crippen LogP contribution is -2.44. The largest absolute Gasteiger partial charge is 0.427 e. The van der Waals surface area contributed by atoms with Crippen LogP contribution in [0.2, 0.25) is 0 Å². The Bertz CT molecular complexity index is 670. The summed E-state index contributed by atoms with van der Waals surface area (Å²) in [5, 5.41) is 20.7. The molecule has 4 rings (SSSR count). The van der Waals surface area contributed by atoms with Crippen molar-refractivity contribution < 1.29 is 19.7 Å². The fourth-order valence-electron chi connectivity index (χ4n) is 5.78. The minimum Gasteiger partial charge on any atom is -0.427 e. The molecule has 4 heteroatoms. The van der Waals surface area contributed by atoms with Crippen LogP contribution in [0.1, 0.15) is 56.6 Å². The second-order valence-electron chi connectivity index (χ2n) is 8.16. The van der Waals surface area contributed by atoms with Gasteiger partial charge in [-0.05, 0) is 78.5 Å². The molecule has 2 N–H and O–H groups in total. The Kier molecular flexibility index (Phi) is 3.73. The molecular formula is C20H26O4. The third-order valence-electron chi connectivity index (χ3n) is 6.93. The van der Waals surface area contributed by atoms with Crippen LogP contribution in [0, 0.1) is 17.3 Å². The number of carbonyl (C=O) groups excluding carboxylic acids is 1. The van der Waals surface area contributed by atoms with E-state index in [4.69, 9.17) is 4.74 Å². The number of aryl methyl sites for hydroxylation is 1. The topological polar surface area (TPSA) is 66.8 Å². The van der Waals surface area contributed by atoms with Gasteiger partial charge >= 0.3 is 5.97 Å². The molecule has 0 amide bonds. The Hall–Kier alpha value is -1.39. The van der Waals surface area contributed by atoms with Gasteiger partial charge in [0, 0.05) is 6.92 Å². The quantitative estimate of drug-likeness (QED) is 0.614. The van der Waals surface area contributed by atoms with Gasteiger partial charge in [0.2, 0.25) is 0 Å². The fourth-order valence-corrected chi connectivity index (χ4v) is 5.78. The standard InChI is InChI=1S/C20H26O4/c1-11(21)24-13-4-6-14-12(9-13)3-5-16-15(14)7-8-20(2)17(16)10-18(22)19(20)23/h4,6,9,15-19,22-23H,3,5,7-8,10H2,1-2H3. The van der Waals surface area contributed by atoms with Gasteiger partial charge in [0.1, 0.15) is 5.75 Å². The predicted octanol–water partition coefficient (Wildman–Crippen LogP) is 2.80.